The Kier molecular flexibility index (Phi) is 4.17. The van der Waals surface area contributed by atoms with Crippen molar-refractivity contribution < 1.29 is 9.53 Å². The zero-order valence-electron chi connectivity index (χ0n) is 10.3. The minimum Gasteiger partial charge on any atom is -0.444 e. The second-order valence-corrected chi connectivity index (χ2v) is 5.17. The van der Waals surface area contributed by atoms with Crippen LogP contribution in [0.1, 0.15) is 46.5 Å². The Hall–Kier alpha value is -1.24. The SMILES string of the molecule is CC(C)(C)OC(=O)N1CCCCCC1C#N. The summed E-state index contributed by atoms with van der Waals surface area (Å²) in [5.41, 5.74) is -0.497. The standard InChI is InChI=1S/C12H20N2O2/c1-12(2,3)16-11(15)14-8-6-4-5-7-10(14)9-13/h10H,4-8H2,1-3H3. The van der Waals surface area contributed by atoms with Gasteiger partial charge >= 0.3 is 6.09 Å². The molecule has 4 heteroatoms. The van der Waals surface area contributed by atoms with E-state index in [0.717, 1.165) is 25.7 Å². The van der Waals surface area contributed by atoms with Crippen molar-refractivity contribution in [1.29, 1.82) is 5.26 Å². The lowest BCUT2D eigenvalue weighted by Gasteiger charge is -2.28. The largest absolute Gasteiger partial charge is 0.444 e. The zero-order chi connectivity index (χ0) is 12.2. The number of nitrogens with zero attached hydrogens (tertiary/aromatic N) is 2. The van der Waals surface area contributed by atoms with Crippen molar-refractivity contribution in [1.82, 2.24) is 4.90 Å². The molecule has 0 aromatic rings. The third kappa shape index (κ3) is 3.73. The minimum absolute atomic E-state index is 0.322. The van der Waals surface area contributed by atoms with Gasteiger partial charge in [0.2, 0.25) is 0 Å². The highest BCUT2D eigenvalue weighted by atomic mass is 16.6. The summed E-state index contributed by atoms with van der Waals surface area (Å²) in [6.45, 7) is 6.14. The summed E-state index contributed by atoms with van der Waals surface area (Å²) >= 11 is 0. The third-order valence-electron chi connectivity index (χ3n) is 2.53. The number of likely N-dealkylation sites (tertiary alicyclic amines) is 1. The van der Waals surface area contributed by atoms with Gasteiger partial charge in [-0.2, -0.15) is 5.26 Å². The molecule has 1 aliphatic rings. The van der Waals surface area contributed by atoms with E-state index in [9.17, 15) is 4.79 Å². The summed E-state index contributed by atoms with van der Waals surface area (Å²) in [5.74, 6) is 0. The van der Waals surface area contributed by atoms with Gasteiger partial charge in [0.05, 0.1) is 6.07 Å². The van der Waals surface area contributed by atoms with Crippen LogP contribution in [0.15, 0.2) is 0 Å². The lowest BCUT2D eigenvalue weighted by molar-refractivity contribution is 0.0210. The lowest BCUT2D eigenvalue weighted by Crippen LogP contribution is -2.42. The fourth-order valence-electron chi connectivity index (χ4n) is 1.78. The smallest absolute Gasteiger partial charge is 0.411 e. The van der Waals surface area contributed by atoms with Crippen molar-refractivity contribution in [2.24, 2.45) is 0 Å². The van der Waals surface area contributed by atoms with Crippen LogP contribution in [0.5, 0.6) is 0 Å². The van der Waals surface area contributed by atoms with E-state index in [1.807, 2.05) is 20.8 Å². The van der Waals surface area contributed by atoms with E-state index in [4.69, 9.17) is 10.00 Å². The van der Waals surface area contributed by atoms with Gasteiger partial charge in [-0.3, -0.25) is 4.90 Å². The van der Waals surface area contributed by atoms with Gasteiger partial charge in [-0.15, -0.1) is 0 Å². The molecule has 1 aliphatic heterocycles. The average molecular weight is 224 g/mol. The van der Waals surface area contributed by atoms with Crippen LogP contribution < -0.4 is 0 Å². The molecule has 1 saturated heterocycles. The van der Waals surface area contributed by atoms with Gasteiger partial charge < -0.3 is 4.74 Å². The van der Waals surface area contributed by atoms with E-state index >= 15 is 0 Å². The number of ether oxygens (including phenoxy) is 1. The first-order chi connectivity index (χ1) is 7.44. The summed E-state index contributed by atoms with van der Waals surface area (Å²) in [7, 11) is 0. The molecule has 16 heavy (non-hydrogen) atoms. The van der Waals surface area contributed by atoms with Crippen LogP contribution in [0.2, 0.25) is 0 Å². The first-order valence-corrected chi connectivity index (χ1v) is 5.83. The van der Waals surface area contributed by atoms with Gasteiger partial charge in [0, 0.05) is 6.54 Å². The van der Waals surface area contributed by atoms with Gasteiger partial charge in [0.1, 0.15) is 11.6 Å². The van der Waals surface area contributed by atoms with Gasteiger partial charge in [-0.05, 0) is 33.6 Å². The third-order valence-corrected chi connectivity index (χ3v) is 2.53. The predicted octanol–water partition coefficient (Wildman–Crippen LogP) is 2.69. The van der Waals surface area contributed by atoms with Crippen LogP contribution in [0.25, 0.3) is 0 Å². The minimum atomic E-state index is -0.497. The van der Waals surface area contributed by atoms with Crippen molar-refractivity contribution in [3.63, 3.8) is 0 Å². The van der Waals surface area contributed by atoms with Crippen LogP contribution in [-0.4, -0.2) is 29.2 Å². The van der Waals surface area contributed by atoms with Gasteiger partial charge in [-0.25, -0.2) is 4.79 Å². The van der Waals surface area contributed by atoms with Gasteiger partial charge in [-0.1, -0.05) is 12.8 Å². The van der Waals surface area contributed by atoms with Crippen LogP contribution in [0.4, 0.5) is 4.79 Å². The molecule has 0 aliphatic carbocycles. The number of amides is 1. The Bertz CT molecular complexity index is 288. The highest BCUT2D eigenvalue weighted by Crippen LogP contribution is 2.19. The Morgan fingerprint density at radius 3 is 2.62 bits per heavy atom. The maximum Gasteiger partial charge on any atom is 0.411 e. The molecule has 4 nitrogen and oxygen atoms in total. The highest BCUT2D eigenvalue weighted by Gasteiger charge is 2.29. The molecule has 90 valence electrons. The molecule has 0 spiro atoms. The molecule has 0 radical (unpaired) electrons. The normalized spacial score (nSPS) is 22.1. The van der Waals surface area contributed by atoms with E-state index in [1.54, 1.807) is 4.90 Å². The van der Waals surface area contributed by atoms with Crippen LogP contribution in [0.3, 0.4) is 0 Å². The fraction of sp³-hybridized carbons (Fsp3) is 0.833. The van der Waals surface area contributed by atoms with Gasteiger partial charge in [0.15, 0.2) is 0 Å². The molecule has 1 heterocycles. The highest BCUT2D eigenvalue weighted by molar-refractivity contribution is 5.69. The first kappa shape index (κ1) is 12.8. The maximum atomic E-state index is 11.9. The Labute approximate surface area is 97.2 Å². The summed E-state index contributed by atoms with van der Waals surface area (Å²) in [6, 6.07) is 1.86. The van der Waals surface area contributed by atoms with Crippen LogP contribution in [0, 0.1) is 11.3 Å². The van der Waals surface area contributed by atoms with Crippen molar-refractivity contribution in [3.8, 4) is 6.07 Å². The molecule has 0 saturated carbocycles. The number of rotatable bonds is 0. The molecule has 1 fully saturated rings. The molecular formula is C12H20N2O2. The van der Waals surface area contributed by atoms with Gasteiger partial charge in [0.25, 0.3) is 0 Å². The quantitative estimate of drug-likeness (QED) is 0.635. The monoisotopic (exact) mass is 224 g/mol. The van der Waals surface area contributed by atoms with E-state index in [2.05, 4.69) is 6.07 Å². The predicted molar refractivity (Wildman–Crippen MR) is 60.8 cm³/mol. The second kappa shape index (κ2) is 5.20. The summed E-state index contributed by atoms with van der Waals surface area (Å²) in [5, 5.41) is 9.03. The van der Waals surface area contributed by atoms with E-state index in [-0.39, 0.29) is 12.1 Å². The van der Waals surface area contributed by atoms with Crippen molar-refractivity contribution in [3.05, 3.63) is 0 Å². The molecule has 1 amide bonds. The number of hydrogen-bond acceptors (Lipinski definition) is 3. The number of carbonyl (C=O) groups is 1. The van der Waals surface area contributed by atoms with Crippen LogP contribution in [-0.2, 0) is 4.74 Å². The van der Waals surface area contributed by atoms with E-state index in [1.165, 1.54) is 0 Å². The molecular weight excluding hydrogens is 204 g/mol. The average Bonchev–Trinajstić information content (AvgIpc) is 2.39. The Balaban J connectivity index is 2.67. The molecule has 1 unspecified atom stereocenters. The molecule has 0 bridgehead atoms. The topological polar surface area (TPSA) is 53.3 Å². The lowest BCUT2D eigenvalue weighted by atomic mass is 10.1. The number of nitriles is 1. The molecule has 0 aromatic carbocycles. The Morgan fingerprint density at radius 1 is 1.38 bits per heavy atom. The maximum absolute atomic E-state index is 11.9. The van der Waals surface area contributed by atoms with Crippen LogP contribution >= 0.6 is 0 Å². The Morgan fingerprint density at radius 2 is 2.06 bits per heavy atom. The van der Waals surface area contributed by atoms with E-state index in [0.29, 0.717) is 6.54 Å². The summed E-state index contributed by atoms with van der Waals surface area (Å²) in [4.78, 5) is 13.5. The summed E-state index contributed by atoms with van der Waals surface area (Å²) < 4.78 is 5.30. The first-order valence-electron chi connectivity index (χ1n) is 5.83. The number of hydrogen-bond donors (Lipinski definition) is 0. The second-order valence-electron chi connectivity index (χ2n) is 5.17. The van der Waals surface area contributed by atoms with E-state index < -0.39 is 5.60 Å². The summed E-state index contributed by atoms with van der Waals surface area (Å²) in [6.07, 6.45) is 3.45. The fourth-order valence-corrected chi connectivity index (χ4v) is 1.78. The van der Waals surface area contributed by atoms with Crippen molar-refractivity contribution in [2.75, 3.05) is 6.54 Å². The zero-order valence-corrected chi connectivity index (χ0v) is 10.3. The molecule has 0 aromatic heterocycles. The van der Waals surface area contributed by atoms with Crippen molar-refractivity contribution in [2.45, 2.75) is 58.1 Å². The molecule has 0 N–H and O–H groups in total. The molecule has 1 atom stereocenters. The van der Waals surface area contributed by atoms with Crippen molar-refractivity contribution >= 4 is 6.09 Å². The number of carbonyl (C=O) groups excluding carboxylic acids is 1. The molecule has 1 rings (SSSR count).